The Hall–Kier alpha value is -5.30. The zero-order chi connectivity index (χ0) is 30.9. The number of fused-ring (bicyclic) bond motifs is 1. The van der Waals surface area contributed by atoms with Crippen molar-refractivity contribution in [1.29, 1.82) is 0 Å². The zero-order valence-electron chi connectivity index (χ0n) is 23.8. The van der Waals surface area contributed by atoms with Crippen molar-refractivity contribution in [3.63, 3.8) is 0 Å². The number of aromatic hydroxyl groups is 1. The smallest absolute Gasteiger partial charge is 0.410 e. The molecule has 2 aromatic heterocycles. The molecule has 2 amide bonds. The van der Waals surface area contributed by atoms with E-state index in [1.54, 1.807) is 35.4 Å². The first-order valence-corrected chi connectivity index (χ1v) is 14.2. The lowest BCUT2D eigenvalue weighted by Gasteiger charge is -2.24. The molecule has 0 aliphatic carbocycles. The third-order valence-corrected chi connectivity index (χ3v) is 7.25. The lowest BCUT2D eigenvalue weighted by atomic mass is 10.2. The van der Waals surface area contributed by atoms with Crippen molar-refractivity contribution in [2.45, 2.75) is 31.2 Å². The largest absolute Gasteiger partial charge is 0.504 e. The zero-order valence-corrected chi connectivity index (χ0v) is 23.8. The standard InChI is InChI=1S/C31H34N6O7/c38-27(34-16-25(30(40)41)36-29-28(39)23-10-4-5-11-24(23)35-29)19-43-22-14-21(15-33-26-12-6-7-13-32-26)37(17-22)31(42)44-18-20-8-2-1-3-9-20/h1-13,21-22,25,35-36,39H,14-19H2,(H,32,33)(H,34,38)(H,40,41). The number of pyridine rings is 1. The van der Waals surface area contributed by atoms with Gasteiger partial charge >= 0.3 is 12.1 Å². The average molecular weight is 603 g/mol. The molecule has 0 bridgehead atoms. The number of benzene rings is 2. The van der Waals surface area contributed by atoms with E-state index in [9.17, 15) is 24.6 Å². The molecule has 230 valence electrons. The van der Waals surface area contributed by atoms with Crippen molar-refractivity contribution in [3.05, 3.63) is 84.6 Å². The van der Waals surface area contributed by atoms with E-state index in [0.29, 0.717) is 29.7 Å². The van der Waals surface area contributed by atoms with Crippen molar-refractivity contribution in [2.75, 3.05) is 36.9 Å². The number of para-hydroxylation sites is 1. The molecule has 2 aromatic carbocycles. The minimum absolute atomic E-state index is 0.110. The summed E-state index contributed by atoms with van der Waals surface area (Å²) in [6, 6.07) is 20.3. The predicted octanol–water partition coefficient (Wildman–Crippen LogP) is 3.16. The number of amides is 2. The molecule has 4 aromatic rings. The van der Waals surface area contributed by atoms with Gasteiger partial charge in [-0.25, -0.2) is 14.6 Å². The molecule has 3 heterocycles. The average Bonchev–Trinajstić information content (AvgIpc) is 3.61. The van der Waals surface area contributed by atoms with Crippen LogP contribution in [0.2, 0.25) is 0 Å². The van der Waals surface area contributed by atoms with Crippen LogP contribution in [0.25, 0.3) is 10.9 Å². The summed E-state index contributed by atoms with van der Waals surface area (Å²) in [5.41, 5.74) is 1.50. The number of ether oxygens (including phenoxy) is 2. The van der Waals surface area contributed by atoms with Crippen LogP contribution in [-0.4, -0.2) is 87.5 Å². The van der Waals surface area contributed by atoms with E-state index in [1.165, 1.54) is 0 Å². The number of carboxylic acid groups (broad SMARTS) is 1. The number of hydrogen-bond acceptors (Lipinski definition) is 9. The highest BCUT2D eigenvalue weighted by atomic mass is 16.6. The summed E-state index contributed by atoms with van der Waals surface area (Å²) in [5, 5.41) is 29.2. The number of carbonyl (C=O) groups is 3. The number of aromatic amines is 1. The van der Waals surface area contributed by atoms with E-state index in [1.807, 2.05) is 48.5 Å². The van der Waals surface area contributed by atoms with Crippen molar-refractivity contribution in [2.24, 2.45) is 0 Å². The topological polar surface area (TPSA) is 178 Å². The Bertz CT molecular complexity index is 1570. The summed E-state index contributed by atoms with van der Waals surface area (Å²) in [6.45, 7) is 0.150. The second-order valence-electron chi connectivity index (χ2n) is 10.3. The van der Waals surface area contributed by atoms with Crippen molar-refractivity contribution < 1.29 is 34.1 Å². The van der Waals surface area contributed by atoms with Crippen LogP contribution in [-0.2, 0) is 25.7 Å². The molecule has 6 N–H and O–H groups in total. The van der Waals surface area contributed by atoms with Crippen LogP contribution < -0.4 is 16.0 Å². The Balaban J connectivity index is 1.14. The maximum Gasteiger partial charge on any atom is 0.410 e. The molecule has 0 radical (unpaired) electrons. The fraction of sp³-hybridized carbons (Fsp3) is 0.290. The molecule has 13 nitrogen and oxygen atoms in total. The van der Waals surface area contributed by atoms with Gasteiger partial charge in [-0.15, -0.1) is 0 Å². The van der Waals surface area contributed by atoms with Crippen LogP contribution in [0.1, 0.15) is 12.0 Å². The number of nitrogens with one attached hydrogen (secondary N) is 4. The number of hydrogen-bond donors (Lipinski definition) is 6. The van der Waals surface area contributed by atoms with Gasteiger partial charge in [0.25, 0.3) is 0 Å². The van der Waals surface area contributed by atoms with E-state index in [2.05, 4.69) is 25.9 Å². The van der Waals surface area contributed by atoms with Gasteiger partial charge in [0.1, 0.15) is 30.9 Å². The maximum absolute atomic E-state index is 13.0. The van der Waals surface area contributed by atoms with Crippen LogP contribution in [0, 0.1) is 0 Å². The van der Waals surface area contributed by atoms with Crippen LogP contribution in [0.3, 0.4) is 0 Å². The Morgan fingerprint density at radius 1 is 1.05 bits per heavy atom. The molecule has 3 unspecified atom stereocenters. The number of H-pyrrole nitrogens is 1. The monoisotopic (exact) mass is 602 g/mol. The molecule has 13 heteroatoms. The molecule has 3 atom stereocenters. The number of aliphatic carboxylic acids is 1. The Labute approximate surface area is 253 Å². The van der Waals surface area contributed by atoms with Gasteiger partial charge in [-0.2, -0.15) is 0 Å². The quantitative estimate of drug-likeness (QED) is 0.133. The molecule has 0 saturated carbocycles. The van der Waals surface area contributed by atoms with E-state index < -0.39 is 30.1 Å². The van der Waals surface area contributed by atoms with Gasteiger partial charge in [0.05, 0.1) is 24.2 Å². The Morgan fingerprint density at radius 3 is 2.57 bits per heavy atom. The Morgan fingerprint density at radius 2 is 1.82 bits per heavy atom. The van der Waals surface area contributed by atoms with Gasteiger partial charge in [-0.05, 0) is 36.2 Å². The molecule has 44 heavy (non-hydrogen) atoms. The van der Waals surface area contributed by atoms with E-state index in [4.69, 9.17) is 9.47 Å². The molecule has 1 fully saturated rings. The summed E-state index contributed by atoms with van der Waals surface area (Å²) in [4.78, 5) is 46.3. The predicted molar refractivity (Wildman–Crippen MR) is 162 cm³/mol. The minimum Gasteiger partial charge on any atom is -0.504 e. The molecule has 1 saturated heterocycles. The van der Waals surface area contributed by atoms with Crippen molar-refractivity contribution in [1.82, 2.24) is 20.2 Å². The van der Waals surface area contributed by atoms with E-state index in [0.717, 1.165) is 5.56 Å². The van der Waals surface area contributed by atoms with Crippen LogP contribution in [0.15, 0.2) is 79.0 Å². The number of carboxylic acids is 1. The third-order valence-electron chi connectivity index (χ3n) is 7.25. The summed E-state index contributed by atoms with van der Waals surface area (Å²) in [7, 11) is 0. The summed E-state index contributed by atoms with van der Waals surface area (Å²) < 4.78 is 11.4. The fourth-order valence-electron chi connectivity index (χ4n) is 4.97. The SMILES string of the molecule is O=C(COC1CC(CNc2ccccn2)N(C(=O)OCc2ccccc2)C1)NCC(Nc1[nH]c2ccccc2c1O)C(=O)O. The second-order valence-corrected chi connectivity index (χ2v) is 10.3. The van der Waals surface area contributed by atoms with Gasteiger partial charge < -0.3 is 45.5 Å². The lowest BCUT2D eigenvalue weighted by molar-refractivity contribution is -0.138. The number of likely N-dealkylation sites (tertiary alicyclic amines) is 1. The molecular formula is C31H34N6O7. The molecule has 1 aliphatic heterocycles. The summed E-state index contributed by atoms with van der Waals surface area (Å²) in [5.74, 6) is -1.04. The minimum atomic E-state index is -1.22. The normalized spacial score (nSPS) is 16.8. The molecule has 0 spiro atoms. The molecule has 5 rings (SSSR count). The second kappa shape index (κ2) is 14.2. The van der Waals surface area contributed by atoms with Gasteiger partial charge in [0.15, 0.2) is 5.75 Å². The molecule has 1 aliphatic rings. The highest BCUT2D eigenvalue weighted by Gasteiger charge is 2.37. The van der Waals surface area contributed by atoms with Crippen molar-refractivity contribution in [3.8, 4) is 5.75 Å². The number of nitrogens with zero attached hydrogens (tertiary/aromatic N) is 2. The number of rotatable bonds is 13. The van der Waals surface area contributed by atoms with Gasteiger partial charge in [-0.3, -0.25) is 4.79 Å². The number of aromatic nitrogens is 2. The van der Waals surface area contributed by atoms with E-state index in [-0.39, 0.29) is 43.9 Å². The van der Waals surface area contributed by atoms with Crippen LogP contribution in [0.5, 0.6) is 5.75 Å². The molecular weight excluding hydrogens is 568 g/mol. The number of carbonyl (C=O) groups excluding carboxylic acids is 2. The first kappa shape index (κ1) is 30.2. The van der Waals surface area contributed by atoms with Gasteiger partial charge in [0.2, 0.25) is 5.91 Å². The maximum atomic E-state index is 13.0. The lowest BCUT2D eigenvalue weighted by Crippen LogP contribution is -2.43. The van der Waals surface area contributed by atoms with Gasteiger partial charge in [-0.1, -0.05) is 48.5 Å². The third kappa shape index (κ3) is 7.75. The highest BCUT2D eigenvalue weighted by Crippen LogP contribution is 2.32. The first-order valence-electron chi connectivity index (χ1n) is 14.2. The Kier molecular flexibility index (Phi) is 9.77. The summed E-state index contributed by atoms with van der Waals surface area (Å²) >= 11 is 0. The first-order chi connectivity index (χ1) is 21.4. The van der Waals surface area contributed by atoms with Crippen LogP contribution >= 0.6 is 0 Å². The van der Waals surface area contributed by atoms with Crippen LogP contribution in [0.4, 0.5) is 16.4 Å². The van der Waals surface area contributed by atoms with Crippen molar-refractivity contribution >= 4 is 40.5 Å². The van der Waals surface area contributed by atoms with E-state index >= 15 is 0 Å². The van der Waals surface area contributed by atoms with Gasteiger partial charge in [0, 0.05) is 24.7 Å². The summed E-state index contributed by atoms with van der Waals surface area (Å²) in [6.07, 6.45) is 1.18. The highest BCUT2D eigenvalue weighted by molar-refractivity contribution is 5.93. The number of anilines is 2. The fourth-order valence-corrected chi connectivity index (χ4v) is 4.97.